The number of anilines is 2. The summed E-state index contributed by atoms with van der Waals surface area (Å²) in [5.74, 6) is -0.139. The zero-order valence-electron chi connectivity index (χ0n) is 17.1. The van der Waals surface area contributed by atoms with Gasteiger partial charge in [0.2, 0.25) is 10.0 Å². The third-order valence-corrected chi connectivity index (χ3v) is 9.16. The van der Waals surface area contributed by atoms with Gasteiger partial charge >= 0.3 is 0 Å². The Kier molecular flexibility index (Phi) is 4.62. The van der Waals surface area contributed by atoms with E-state index in [2.05, 4.69) is 10.4 Å². The summed E-state index contributed by atoms with van der Waals surface area (Å²) in [7, 11) is -3.35. The van der Waals surface area contributed by atoms with E-state index in [0.29, 0.717) is 37.4 Å². The molecule has 3 heterocycles. The third-order valence-electron chi connectivity index (χ3n) is 6.81. The van der Waals surface area contributed by atoms with Crippen LogP contribution in [0.25, 0.3) is 0 Å². The molecule has 1 fully saturated rings. The average molecular weight is 430 g/mol. The molecular formula is C21H27N5O3S. The van der Waals surface area contributed by atoms with Crippen LogP contribution in [-0.2, 0) is 23.0 Å². The molecule has 1 saturated carbocycles. The van der Waals surface area contributed by atoms with Crippen molar-refractivity contribution in [1.82, 2.24) is 14.1 Å². The molecule has 1 aromatic carbocycles. The minimum Gasteiger partial charge on any atom is -0.385 e. The lowest BCUT2D eigenvalue weighted by molar-refractivity contribution is 0.0850. The normalized spacial score (nSPS) is 22.0. The molecule has 3 aliphatic rings. The van der Waals surface area contributed by atoms with E-state index >= 15 is 0 Å². The molecule has 0 spiro atoms. The van der Waals surface area contributed by atoms with Crippen molar-refractivity contribution in [2.45, 2.75) is 56.7 Å². The lowest BCUT2D eigenvalue weighted by atomic mass is 9.88. The number of carbonyl (C=O) groups excluding carboxylic acids is 1. The highest BCUT2D eigenvalue weighted by molar-refractivity contribution is 7.89. The van der Waals surface area contributed by atoms with E-state index in [1.807, 2.05) is 25.1 Å². The maximum Gasteiger partial charge on any atom is 0.254 e. The van der Waals surface area contributed by atoms with Crippen LogP contribution in [0.15, 0.2) is 18.2 Å². The van der Waals surface area contributed by atoms with Crippen LogP contribution in [-0.4, -0.2) is 46.8 Å². The molecule has 2 aromatic rings. The molecule has 1 aromatic heterocycles. The van der Waals surface area contributed by atoms with Crippen LogP contribution in [0.1, 0.15) is 58.8 Å². The first-order valence-corrected chi connectivity index (χ1v) is 12.1. The van der Waals surface area contributed by atoms with Crippen molar-refractivity contribution in [3.8, 4) is 0 Å². The number of nitrogens with zero attached hydrogens (tertiary/aromatic N) is 3. The van der Waals surface area contributed by atoms with E-state index in [-0.39, 0.29) is 23.6 Å². The molecule has 1 atom stereocenters. The number of para-hydroxylation sites is 1. The van der Waals surface area contributed by atoms with E-state index in [1.54, 1.807) is 0 Å². The van der Waals surface area contributed by atoms with Gasteiger partial charge in [-0.05, 0) is 43.7 Å². The smallest absolute Gasteiger partial charge is 0.254 e. The van der Waals surface area contributed by atoms with E-state index in [4.69, 9.17) is 5.73 Å². The predicted molar refractivity (Wildman–Crippen MR) is 115 cm³/mol. The van der Waals surface area contributed by atoms with E-state index < -0.39 is 10.0 Å². The third kappa shape index (κ3) is 2.94. The quantitative estimate of drug-likeness (QED) is 0.774. The number of hydrogen-bond donors (Lipinski definition) is 2. The summed E-state index contributed by atoms with van der Waals surface area (Å²) in [6.45, 7) is 3.28. The SMILES string of the molecule is Cc1cccc2c1NCCC2C(=O)n1nc(N)c2c1CN(S(=O)(=O)C1CCC1)CC2. The van der Waals surface area contributed by atoms with Crippen molar-refractivity contribution in [2.24, 2.45) is 0 Å². The molecule has 0 radical (unpaired) electrons. The highest BCUT2D eigenvalue weighted by Gasteiger charge is 2.40. The Morgan fingerprint density at radius 1 is 1.27 bits per heavy atom. The zero-order valence-corrected chi connectivity index (χ0v) is 17.9. The first-order valence-electron chi connectivity index (χ1n) is 10.6. The van der Waals surface area contributed by atoms with E-state index in [0.717, 1.165) is 41.6 Å². The van der Waals surface area contributed by atoms with Crippen LogP contribution >= 0.6 is 0 Å². The summed E-state index contributed by atoms with van der Waals surface area (Å²) >= 11 is 0. The van der Waals surface area contributed by atoms with Crippen molar-refractivity contribution in [1.29, 1.82) is 0 Å². The molecule has 160 valence electrons. The van der Waals surface area contributed by atoms with Gasteiger partial charge in [0.15, 0.2) is 0 Å². The van der Waals surface area contributed by atoms with Crippen LogP contribution in [0.4, 0.5) is 11.5 Å². The summed E-state index contributed by atoms with van der Waals surface area (Å²) in [6, 6.07) is 5.96. The van der Waals surface area contributed by atoms with Gasteiger partial charge in [-0.2, -0.15) is 4.31 Å². The number of hydrogen-bond acceptors (Lipinski definition) is 6. The Balaban J connectivity index is 1.49. The standard InChI is InChI=1S/C21H27N5O3S/c1-13-4-2-7-15-16(8-10-23-19(13)15)21(27)26-18-12-25(11-9-17(18)20(22)24-26)30(28,29)14-5-3-6-14/h2,4,7,14,16,23H,3,5-6,8-12H2,1H3,(H2,22,24). The van der Waals surface area contributed by atoms with Gasteiger partial charge in [-0.15, -0.1) is 5.10 Å². The number of carbonyl (C=O) groups is 1. The summed E-state index contributed by atoms with van der Waals surface area (Å²) in [6.07, 6.45) is 3.55. The van der Waals surface area contributed by atoms with Crippen LogP contribution < -0.4 is 11.1 Å². The van der Waals surface area contributed by atoms with Gasteiger partial charge < -0.3 is 11.1 Å². The molecule has 1 aliphatic carbocycles. The van der Waals surface area contributed by atoms with Gasteiger partial charge in [0.05, 0.1) is 23.4 Å². The number of fused-ring (bicyclic) bond motifs is 2. The molecule has 9 heteroatoms. The molecule has 3 N–H and O–H groups in total. The van der Waals surface area contributed by atoms with Gasteiger partial charge in [0.1, 0.15) is 5.82 Å². The number of nitrogen functional groups attached to an aromatic ring is 1. The molecule has 1 unspecified atom stereocenters. The van der Waals surface area contributed by atoms with Gasteiger partial charge in [0.25, 0.3) is 5.91 Å². The maximum atomic E-state index is 13.6. The van der Waals surface area contributed by atoms with Crippen molar-refractivity contribution < 1.29 is 13.2 Å². The number of sulfonamides is 1. The summed E-state index contributed by atoms with van der Waals surface area (Å²) in [5, 5.41) is 7.46. The molecule has 5 rings (SSSR count). The Morgan fingerprint density at radius 3 is 2.80 bits per heavy atom. The second-order valence-corrected chi connectivity index (χ2v) is 10.8. The molecule has 8 nitrogen and oxygen atoms in total. The average Bonchev–Trinajstić information content (AvgIpc) is 3.02. The van der Waals surface area contributed by atoms with Gasteiger partial charge in [-0.3, -0.25) is 4.79 Å². The van der Waals surface area contributed by atoms with Crippen molar-refractivity contribution >= 4 is 27.4 Å². The predicted octanol–water partition coefficient (Wildman–Crippen LogP) is 2.25. The Bertz CT molecular complexity index is 1120. The minimum atomic E-state index is -3.35. The molecular weight excluding hydrogens is 402 g/mol. The fourth-order valence-corrected chi connectivity index (χ4v) is 6.82. The molecule has 2 aliphatic heterocycles. The topological polar surface area (TPSA) is 110 Å². The number of aromatic nitrogens is 2. The van der Waals surface area contributed by atoms with Crippen molar-refractivity contribution in [2.75, 3.05) is 24.1 Å². The van der Waals surface area contributed by atoms with Crippen molar-refractivity contribution in [3.05, 3.63) is 40.6 Å². The highest BCUT2D eigenvalue weighted by Crippen LogP contribution is 2.37. The van der Waals surface area contributed by atoms with Crippen LogP contribution in [0.3, 0.4) is 0 Å². The highest BCUT2D eigenvalue weighted by atomic mass is 32.2. The fourth-order valence-electron chi connectivity index (χ4n) is 4.82. The van der Waals surface area contributed by atoms with E-state index in [9.17, 15) is 13.2 Å². The number of benzene rings is 1. The van der Waals surface area contributed by atoms with Crippen LogP contribution in [0.2, 0.25) is 0 Å². The second-order valence-electron chi connectivity index (χ2n) is 8.55. The molecule has 0 amide bonds. The summed E-state index contributed by atoms with van der Waals surface area (Å²) in [5.41, 5.74) is 10.6. The molecule has 0 saturated heterocycles. The lowest BCUT2D eigenvalue weighted by Crippen LogP contribution is -2.45. The molecule has 0 bridgehead atoms. The first-order chi connectivity index (χ1) is 14.4. The Hall–Kier alpha value is -2.39. The maximum absolute atomic E-state index is 13.6. The fraction of sp³-hybridized carbons (Fsp3) is 0.524. The van der Waals surface area contributed by atoms with Crippen LogP contribution in [0.5, 0.6) is 0 Å². The van der Waals surface area contributed by atoms with Crippen molar-refractivity contribution in [3.63, 3.8) is 0 Å². The number of rotatable bonds is 3. The van der Waals surface area contributed by atoms with Crippen LogP contribution in [0, 0.1) is 6.92 Å². The molecule has 30 heavy (non-hydrogen) atoms. The zero-order chi connectivity index (χ0) is 21.0. The minimum absolute atomic E-state index is 0.140. The summed E-state index contributed by atoms with van der Waals surface area (Å²) < 4.78 is 28.8. The lowest BCUT2D eigenvalue weighted by Gasteiger charge is -2.34. The van der Waals surface area contributed by atoms with Gasteiger partial charge in [-0.25, -0.2) is 13.1 Å². The van der Waals surface area contributed by atoms with Gasteiger partial charge in [0, 0.05) is 24.3 Å². The first kappa shape index (κ1) is 19.6. The second kappa shape index (κ2) is 7.09. The number of nitrogens with two attached hydrogens (primary N) is 1. The number of aryl methyl sites for hydroxylation is 1. The monoisotopic (exact) mass is 429 g/mol. The largest absolute Gasteiger partial charge is 0.385 e. The summed E-state index contributed by atoms with van der Waals surface area (Å²) in [4.78, 5) is 13.6. The Labute approximate surface area is 176 Å². The van der Waals surface area contributed by atoms with Gasteiger partial charge in [-0.1, -0.05) is 24.6 Å². The van der Waals surface area contributed by atoms with E-state index in [1.165, 1.54) is 8.99 Å². The Morgan fingerprint density at radius 2 is 2.07 bits per heavy atom. The number of nitrogens with one attached hydrogen (secondary N) is 1.